The van der Waals surface area contributed by atoms with E-state index < -0.39 is 0 Å². The molecular weight excluding hydrogens is 432 g/mol. The molecule has 1 aliphatic heterocycles. The number of aryl methyl sites for hydroxylation is 1. The summed E-state index contributed by atoms with van der Waals surface area (Å²) in [5.41, 5.74) is 2.85. The predicted octanol–water partition coefficient (Wildman–Crippen LogP) is 5.61. The van der Waals surface area contributed by atoms with Crippen molar-refractivity contribution in [2.45, 2.75) is 58.8 Å². The molecule has 1 aromatic carbocycles. The van der Waals surface area contributed by atoms with Gasteiger partial charge in [-0.25, -0.2) is 14.5 Å². The van der Waals surface area contributed by atoms with E-state index in [1.54, 1.807) is 4.68 Å². The second kappa shape index (κ2) is 10.1. The second-order valence-corrected chi connectivity index (χ2v) is 10.9. The van der Waals surface area contributed by atoms with Gasteiger partial charge in [-0.1, -0.05) is 44.9 Å². The molecule has 4 rings (SSSR count). The standard InChI is InChI=1S/C25H34N6OS/c1-18-8-10-19(11-9-18)31-22(16-21(29-31)25(2,3)4)27-23(32)28-24-26-17-20(33-24)12-15-30-13-6-5-7-14-30/h8-11,16-17H,5-7,12-15H2,1-4H3,(H2,26,27,28,32). The van der Waals surface area contributed by atoms with Gasteiger partial charge in [0.2, 0.25) is 0 Å². The summed E-state index contributed by atoms with van der Waals surface area (Å²) in [6.45, 7) is 11.8. The zero-order valence-corrected chi connectivity index (χ0v) is 20.8. The first-order valence-electron chi connectivity index (χ1n) is 11.7. The van der Waals surface area contributed by atoms with E-state index in [1.807, 2.05) is 36.5 Å². The van der Waals surface area contributed by atoms with E-state index in [9.17, 15) is 4.79 Å². The molecule has 7 nitrogen and oxygen atoms in total. The largest absolute Gasteiger partial charge is 0.326 e. The van der Waals surface area contributed by atoms with Crippen LogP contribution >= 0.6 is 11.3 Å². The van der Waals surface area contributed by atoms with Crippen molar-refractivity contribution in [2.75, 3.05) is 30.3 Å². The van der Waals surface area contributed by atoms with Gasteiger partial charge in [0.1, 0.15) is 5.82 Å². The average molecular weight is 467 g/mol. The minimum absolute atomic E-state index is 0.137. The SMILES string of the molecule is Cc1ccc(-n2nc(C(C)(C)C)cc2NC(=O)Nc2ncc(CCN3CCCCC3)s2)cc1. The molecule has 0 unspecified atom stereocenters. The maximum Gasteiger partial charge on any atom is 0.326 e. The molecule has 0 saturated carbocycles. The molecule has 1 saturated heterocycles. The number of thiazole rings is 1. The second-order valence-electron chi connectivity index (χ2n) is 9.78. The maximum absolute atomic E-state index is 12.8. The summed E-state index contributed by atoms with van der Waals surface area (Å²) >= 11 is 1.54. The molecule has 2 N–H and O–H groups in total. The van der Waals surface area contributed by atoms with Crippen molar-refractivity contribution in [3.8, 4) is 5.69 Å². The molecule has 3 aromatic rings. The molecule has 1 fully saturated rings. The van der Waals surface area contributed by atoms with E-state index in [1.165, 1.54) is 54.1 Å². The third kappa shape index (κ3) is 6.21. The predicted molar refractivity (Wildman–Crippen MR) is 136 cm³/mol. The van der Waals surface area contributed by atoms with Crippen LogP contribution in [-0.4, -0.2) is 45.3 Å². The van der Waals surface area contributed by atoms with Gasteiger partial charge in [0.15, 0.2) is 5.13 Å². The Labute approximate surface area is 200 Å². The first-order chi connectivity index (χ1) is 15.8. The van der Waals surface area contributed by atoms with Crippen LogP contribution in [0.15, 0.2) is 36.5 Å². The van der Waals surface area contributed by atoms with Gasteiger partial charge >= 0.3 is 6.03 Å². The van der Waals surface area contributed by atoms with Crippen molar-refractivity contribution >= 4 is 28.3 Å². The molecule has 1 aliphatic rings. The zero-order chi connectivity index (χ0) is 23.4. The first-order valence-corrected chi connectivity index (χ1v) is 12.5. The fraction of sp³-hybridized carbons (Fsp3) is 0.480. The fourth-order valence-electron chi connectivity index (χ4n) is 3.90. The van der Waals surface area contributed by atoms with Crippen LogP contribution in [-0.2, 0) is 11.8 Å². The molecule has 0 spiro atoms. The lowest BCUT2D eigenvalue weighted by molar-refractivity contribution is 0.232. The zero-order valence-electron chi connectivity index (χ0n) is 20.0. The van der Waals surface area contributed by atoms with Crippen molar-refractivity contribution in [2.24, 2.45) is 0 Å². The Bertz CT molecular complexity index is 1070. The number of urea groups is 1. The number of likely N-dealkylation sites (tertiary alicyclic amines) is 1. The number of benzene rings is 1. The van der Waals surface area contributed by atoms with Crippen molar-refractivity contribution in [1.29, 1.82) is 0 Å². The van der Waals surface area contributed by atoms with Crippen molar-refractivity contribution in [1.82, 2.24) is 19.7 Å². The van der Waals surface area contributed by atoms with Gasteiger partial charge in [-0.3, -0.25) is 10.6 Å². The summed E-state index contributed by atoms with van der Waals surface area (Å²) in [6, 6.07) is 9.71. The number of hydrogen-bond donors (Lipinski definition) is 2. The molecular formula is C25H34N6OS. The Morgan fingerprint density at radius 3 is 2.52 bits per heavy atom. The molecule has 3 heterocycles. The van der Waals surface area contributed by atoms with Gasteiger partial charge in [-0.15, -0.1) is 11.3 Å². The third-order valence-electron chi connectivity index (χ3n) is 5.90. The highest BCUT2D eigenvalue weighted by atomic mass is 32.1. The van der Waals surface area contributed by atoms with E-state index >= 15 is 0 Å². The maximum atomic E-state index is 12.8. The fourth-order valence-corrected chi connectivity index (χ4v) is 4.69. The van der Waals surface area contributed by atoms with Gasteiger partial charge < -0.3 is 4.90 Å². The number of nitrogens with zero attached hydrogens (tertiary/aromatic N) is 4. The van der Waals surface area contributed by atoms with Crippen molar-refractivity contribution in [3.05, 3.63) is 52.7 Å². The summed E-state index contributed by atoms with van der Waals surface area (Å²) in [5.74, 6) is 0.628. The summed E-state index contributed by atoms with van der Waals surface area (Å²) < 4.78 is 1.78. The van der Waals surface area contributed by atoms with Gasteiger partial charge in [-0.2, -0.15) is 5.10 Å². The van der Waals surface area contributed by atoms with E-state index in [0.717, 1.165) is 24.3 Å². The Hall–Kier alpha value is -2.71. The smallest absolute Gasteiger partial charge is 0.303 e. The van der Waals surface area contributed by atoms with E-state index in [2.05, 4.69) is 48.2 Å². The van der Waals surface area contributed by atoms with Crippen LogP contribution in [0.2, 0.25) is 0 Å². The molecule has 2 aromatic heterocycles. The summed E-state index contributed by atoms with van der Waals surface area (Å²) in [5, 5.41) is 11.2. The van der Waals surface area contributed by atoms with Crippen molar-refractivity contribution < 1.29 is 4.79 Å². The number of rotatable bonds is 6. The molecule has 33 heavy (non-hydrogen) atoms. The van der Waals surface area contributed by atoms with Gasteiger partial charge in [0.05, 0.1) is 11.4 Å². The number of nitrogens with one attached hydrogen (secondary N) is 2. The minimum atomic E-state index is -0.319. The van der Waals surface area contributed by atoms with E-state index in [4.69, 9.17) is 5.10 Å². The highest BCUT2D eigenvalue weighted by Crippen LogP contribution is 2.27. The summed E-state index contributed by atoms with van der Waals surface area (Å²) in [4.78, 5) is 20.9. The van der Waals surface area contributed by atoms with Gasteiger partial charge in [0, 0.05) is 29.1 Å². The van der Waals surface area contributed by atoms with Gasteiger partial charge in [-0.05, 0) is 51.4 Å². The summed E-state index contributed by atoms with van der Waals surface area (Å²) in [7, 11) is 0. The number of piperidine rings is 1. The monoisotopic (exact) mass is 466 g/mol. The number of anilines is 2. The number of aromatic nitrogens is 3. The Kier molecular flexibility index (Phi) is 7.14. The highest BCUT2D eigenvalue weighted by molar-refractivity contribution is 7.15. The van der Waals surface area contributed by atoms with Crippen LogP contribution in [0.4, 0.5) is 15.7 Å². The topological polar surface area (TPSA) is 75.1 Å². The Morgan fingerprint density at radius 2 is 1.82 bits per heavy atom. The lowest BCUT2D eigenvalue weighted by Crippen LogP contribution is -2.31. The molecule has 2 amide bonds. The van der Waals surface area contributed by atoms with Crippen LogP contribution in [0, 0.1) is 6.92 Å². The molecule has 0 bridgehead atoms. The molecule has 176 valence electrons. The Balaban J connectivity index is 1.42. The third-order valence-corrected chi connectivity index (χ3v) is 6.87. The first kappa shape index (κ1) is 23.4. The normalized spacial score (nSPS) is 14.9. The molecule has 0 radical (unpaired) electrons. The molecule has 8 heteroatoms. The summed E-state index contributed by atoms with van der Waals surface area (Å²) in [6.07, 6.45) is 6.78. The van der Waals surface area contributed by atoms with Crippen LogP contribution in [0.25, 0.3) is 5.69 Å². The van der Waals surface area contributed by atoms with Gasteiger partial charge in [0.25, 0.3) is 0 Å². The lowest BCUT2D eigenvalue weighted by atomic mass is 9.92. The lowest BCUT2D eigenvalue weighted by Gasteiger charge is -2.25. The van der Waals surface area contributed by atoms with Crippen molar-refractivity contribution in [3.63, 3.8) is 0 Å². The van der Waals surface area contributed by atoms with E-state index in [-0.39, 0.29) is 11.4 Å². The number of hydrogen-bond acceptors (Lipinski definition) is 5. The van der Waals surface area contributed by atoms with E-state index in [0.29, 0.717) is 10.9 Å². The quantitative estimate of drug-likeness (QED) is 0.495. The van der Waals surface area contributed by atoms with Crippen LogP contribution in [0.1, 0.15) is 56.2 Å². The molecule has 0 aliphatic carbocycles. The average Bonchev–Trinajstić information content (AvgIpc) is 3.40. The number of amides is 2. The minimum Gasteiger partial charge on any atom is -0.303 e. The van der Waals surface area contributed by atoms with Crippen LogP contribution in [0.3, 0.4) is 0 Å². The molecule has 0 atom stereocenters. The number of carbonyl (C=O) groups excluding carboxylic acids is 1. The highest BCUT2D eigenvalue weighted by Gasteiger charge is 2.22. The van der Waals surface area contributed by atoms with Crippen LogP contribution in [0.5, 0.6) is 0 Å². The number of carbonyl (C=O) groups is 1. The Morgan fingerprint density at radius 1 is 1.09 bits per heavy atom. The van der Waals surface area contributed by atoms with Crippen LogP contribution < -0.4 is 10.6 Å².